The lowest BCUT2D eigenvalue weighted by molar-refractivity contribution is -0.150. The number of halogens is 1. The lowest BCUT2D eigenvalue weighted by Crippen LogP contribution is -2.70. The number of aliphatic carboxylic acids is 1. The zero-order valence-corrected chi connectivity index (χ0v) is 17.8. The van der Waals surface area contributed by atoms with E-state index in [0.717, 1.165) is 5.56 Å². The van der Waals surface area contributed by atoms with E-state index in [2.05, 4.69) is 10.3 Å². The SMILES string of the molecule is O=C(Cc1ccccc1)NC1C(=O)N2C(C(=O)O)=C(C=Cc3scnc3Cl)CS[C@H]12. The van der Waals surface area contributed by atoms with Gasteiger partial charge in [0.25, 0.3) is 5.91 Å². The Kier molecular flexibility index (Phi) is 5.94. The molecule has 1 aromatic carbocycles. The van der Waals surface area contributed by atoms with E-state index in [4.69, 9.17) is 11.6 Å². The maximum atomic E-state index is 12.7. The number of fused-ring (bicyclic) bond motifs is 1. The molecule has 2 aromatic rings. The molecule has 3 heterocycles. The lowest BCUT2D eigenvalue weighted by Gasteiger charge is -2.49. The largest absolute Gasteiger partial charge is 0.477 e. The van der Waals surface area contributed by atoms with Gasteiger partial charge in [0.05, 0.1) is 16.8 Å². The van der Waals surface area contributed by atoms with Gasteiger partial charge in [-0.25, -0.2) is 9.78 Å². The predicted molar refractivity (Wildman–Crippen MR) is 116 cm³/mol. The average Bonchev–Trinajstić information content (AvgIpc) is 3.15. The van der Waals surface area contributed by atoms with E-state index in [-0.39, 0.29) is 18.0 Å². The first kappa shape index (κ1) is 20.6. The Morgan fingerprint density at radius 3 is 2.73 bits per heavy atom. The van der Waals surface area contributed by atoms with Crippen molar-refractivity contribution >= 4 is 58.6 Å². The van der Waals surface area contributed by atoms with Crippen LogP contribution in [0.2, 0.25) is 5.15 Å². The number of carbonyl (C=O) groups excluding carboxylic acids is 2. The highest BCUT2D eigenvalue weighted by molar-refractivity contribution is 8.00. The van der Waals surface area contributed by atoms with Crippen molar-refractivity contribution in [2.75, 3.05) is 5.75 Å². The van der Waals surface area contributed by atoms with E-state index in [1.165, 1.54) is 28.0 Å². The highest BCUT2D eigenvalue weighted by Crippen LogP contribution is 2.41. The fourth-order valence-corrected chi connectivity index (χ4v) is 5.49. The minimum atomic E-state index is -1.18. The number of hydrogen-bond acceptors (Lipinski definition) is 6. The number of rotatable bonds is 6. The number of β-lactam (4-membered cyclic amide) rings is 1. The van der Waals surface area contributed by atoms with Gasteiger partial charge in [-0.2, -0.15) is 0 Å². The van der Waals surface area contributed by atoms with Crippen molar-refractivity contribution in [3.63, 3.8) is 0 Å². The van der Waals surface area contributed by atoms with Gasteiger partial charge in [0.1, 0.15) is 22.3 Å². The zero-order valence-electron chi connectivity index (χ0n) is 15.4. The molecule has 1 aromatic heterocycles. The lowest BCUT2D eigenvalue weighted by atomic mass is 10.0. The van der Waals surface area contributed by atoms with Crippen molar-refractivity contribution in [2.24, 2.45) is 0 Å². The standard InChI is InChI=1S/C20H16ClN3O4S2/c21-17-13(30-10-22-17)7-6-12-9-29-19-15(18(26)24(19)16(12)20(27)28)23-14(25)8-11-4-2-1-3-5-11/h1-7,10,15,19H,8-9H2,(H,23,25)(H,27,28)/t15?,19-/m1/s1. The Bertz CT molecular complexity index is 1070. The summed E-state index contributed by atoms with van der Waals surface area (Å²) in [7, 11) is 0. The van der Waals surface area contributed by atoms with Crippen LogP contribution in [0, 0.1) is 0 Å². The van der Waals surface area contributed by atoms with Crippen LogP contribution in [0.4, 0.5) is 0 Å². The molecule has 4 rings (SSSR count). The van der Waals surface area contributed by atoms with Crippen molar-refractivity contribution in [1.29, 1.82) is 0 Å². The molecule has 1 saturated heterocycles. The summed E-state index contributed by atoms with van der Waals surface area (Å²) in [6, 6.07) is 8.48. The molecule has 1 unspecified atom stereocenters. The molecule has 2 N–H and O–H groups in total. The number of hydrogen-bond donors (Lipinski definition) is 2. The number of carboxylic acids is 1. The third-order valence-corrected chi connectivity index (χ3v) is 7.22. The average molecular weight is 462 g/mol. The first-order chi connectivity index (χ1) is 14.5. The molecule has 30 heavy (non-hydrogen) atoms. The number of thioether (sulfide) groups is 1. The highest BCUT2D eigenvalue weighted by atomic mass is 35.5. The molecular weight excluding hydrogens is 446 g/mol. The normalized spacial score (nSPS) is 20.8. The zero-order chi connectivity index (χ0) is 21.3. The molecule has 0 spiro atoms. The summed E-state index contributed by atoms with van der Waals surface area (Å²) in [6.07, 6.45) is 3.51. The molecule has 0 aliphatic carbocycles. The Balaban J connectivity index is 1.49. The second kappa shape index (κ2) is 8.63. The van der Waals surface area contributed by atoms with Gasteiger partial charge in [-0.1, -0.05) is 48.0 Å². The molecule has 7 nitrogen and oxygen atoms in total. The molecule has 0 radical (unpaired) electrons. The van der Waals surface area contributed by atoms with Gasteiger partial charge >= 0.3 is 5.97 Å². The van der Waals surface area contributed by atoms with Crippen LogP contribution in [0.5, 0.6) is 0 Å². The van der Waals surface area contributed by atoms with E-state index in [1.807, 2.05) is 30.3 Å². The maximum Gasteiger partial charge on any atom is 0.352 e. The van der Waals surface area contributed by atoms with Crippen LogP contribution in [-0.4, -0.2) is 49.9 Å². The molecule has 2 aliphatic heterocycles. The minimum absolute atomic E-state index is 0.0609. The number of aromatic nitrogens is 1. The molecule has 0 saturated carbocycles. The first-order valence-corrected chi connectivity index (χ1v) is 11.3. The van der Waals surface area contributed by atoms with Crippen LogP contribution < -0.4 is 5.32 Å². The fraction of sp³-hybridized carbons (Fsp3) is 0.200. The summed E-state index contributed by atoms with van der Waals surface area (Å²) >= 11 is 8.73. The quantitative estimate of drug-likeness (QED) is 0.642. The van der Waals surface area contributed by atoms with Crippen LogP contribution in [0.1, 0.15) is 10.4 Å². The smallest absolute Gasteiger partial charge is 0.352 e. The monoisotopic (exact) mass is 461 g/mol. The summed E-state index contributed by atoms with van der Waals surface area (Å²) in [5.41, 5.74) is 2.89. The van der Waals surface area contributed by atoms with Crippen LogP contribution in [0.3, 0.4) is 0 Å². The van der Waals surface area contributed by atoms with Crippen molar-refractivity contribution in [3.05, 3.63) is 68.8 Å². The van der Waals surface area contributed by atoms with Crippen LogP contribution >= 0.6 is 34.7 Å². The third-order valence-electron chi connectivity index (χ3n) is 4.71. The van der Waals surface area contributed by atoms with E-state index in [1.54, 1.807) is 17.7 Å². The number of amides is 2. The molecule has 154 valence electrons. The Labute approximate surface area is 185 Å². The summed E-state index contributed by atoms with van der Waals surface area (Å²) in [5, 5.41) is 12.4. The third kappa shape index (κ3) is 4.00. The first-order valence-electron chi connectivity index (χ1n) is 8.97. The van der Waals surface area contributed by atoms with Gasteiger partial charge in [0.15, 0.2) is 0 Å². The number of allylic oxidation sites excluding steroid dienone is 1. The Morgan fingerprint density at radius 2 is 2.07 bits per heavy atom. The highest BCUT2D eigenvalue weighted by Gasteiger charge is 2.53. The van der Waals surface area contributed by atoms with Gasteiger partial charge in [0, 0.05) is 5.75 Å². The van der Waals surface area contributed by atoms with Gasteiger partial charge in [-0.15, -0.1) is 23.1 Å². The molecule has 10 heteroatoms. The van der Waals surface area contributed by atoms with Crippen LogP contribution in [-0.2, 0) is 20.8 Å². The van der Waals surface area contributed by atoms with Gasteiger partial charge in [-0.05, 0) is 17.2 Å². The molecule has 2 aliphatic rings. The molecule has 2 amide bonds. The topological polar surface area (TPSA) is 99.6 Å². The molecule has 1 fully saturated rings. The summed E-state index contributed by atoms with van der Waals surface area (Å²) in [6.45, 7) is 0. The fourth-order valence-electron chi connectivity index (χ4n) is 3.30. The number of nitrogens with zero attached hydrogens (tertiary/aromatic N) is 2. The van der Waals surface area contributed by atoms with Gasteiger partial charge < -0.3 is 10.4 Å². The van der Waals surface area contributed by atoms with E-state index in [9.17, 15) is 19.5 Å². The second-order valence-corrected chi connectivity index (χ2v) is 8.99. The summed E-state index contributed by atoms with van der Waals surface area (Å²) in [4.78, 5) is 42.8. The predicted octanol–water partition coefficient (Wildman–Crippen LogP) is 2.79. The summed E-state index contributed by atoms with van der Waals surface area (Å²) < 4.78 is 0. The van der Waals surface area contributed by atoms with E-state index < -0.39 is 23.3 Å². The number of nitrogens with one attached hydrogen (secondary N) is 1. The molecule has 0 bridgehead atoms. The number of carboxylic acid groups (broad SMARTS) is 1. The van der Waals surface area contributed by atoms with E-state index in [0.29, 0.717) is 21.4 Å². The van der Waals surface area contributed by atoms with Crippen LogP contribution in [0.15, 0.2) is 53.2 Å². The van der Waals surface area contributed by atoms with Crippen molar-refractivity contribution in [2.45, 2.75) is 17.8 Å². The minimum Gasteiger partial charge on any atom is -0.477 e. The van der Waals surface area contributed by atoms with Gasteiger partial charge in [0.2, 0.25) is 5.91 Å². The molecule has 2 atom stereocenters. The number of thiazole rings is 1. The summed E-state index contributed by atoms with van der Waals surface area (Å²) in [5.74, 6) is -1.48. The van der Waals surface area contributed by atoms with Crippen LogP contribution in [0.25, 0.3) is 6.08 Å². The van der Waals surface area contributed by atoms with Crippen molar-refractivity contribution in [3.8, 4) is 0 Å². The van der Waals surface area contributed by atoms with Gasteiger partial charge in [-0.3, -0.25) is 14.5 Å². The molecular formula is C20H16ClN3O4S2. The van der Waals surface area contributed by atoms with Crippen molar-refractivity contribution in [1.82, 2.24) is 15.2 Å². The Morgan fingerprint density at radius 1 is 1.30 bits per heavy atom. The number of benzene rings is 1. The Hall–Kier alpha value is -2.62. The van der Waals surface area contributed by atoms with Crippen molar-refractivity contribution < 1.29 is 19.5 Å². The maximum absolute atomic E-state index is 12.7. The second-order valence-electron chi connectivity index (χ2n) is 6.64. The number of carbonyl (C=O) groups is 3. The van der Waals surface area contributed by atoms with E-state index >= 15 is 0 Å².